The van der Waals surface area contributed by atoms with Gasteiger partial charge >= 0.3 is 5.97 Å². The van der Waals surface area contributed by atoms with Crippen molar-refractivity contribution in [1.82, 2.24) is 4.57 Å². The molecular formula is C19H14N2O4. The van der Waals surface area contributed by atoms with Gasteiger partial charge in [-0.25, -0.2) is 4.79 Å². The molecule has 0 saturated carbocycles. The Hall–Kier alpha value is -3.41. The number of carboxylic acid groups (broad SMARTS) is 1. The number of aromatic carboxylic acids is 1. The first-order chi connectivity index (χ1) is 12.1. The highest BCUT2D eigenvalue weighted by molar-refractivity contribution is 5.95. The third-order valence-corrected chi connectivity index (χ3v) is 4.41. The van der Waals surface area contributed by atoms with Crippen molar-refractivity contribution in [3.8, 4) is 11.5 Å². The quantitative estimate of drug-likeness (QED) is 0.719. The third kappa shape index (κ3) is 2.30. The number of fused-ring (bicyclic) bond motifs is 5. The van der Waals surface area contributed by atoms with Gasteiger partial charge in [-0.3, -0.25) is 4.79 Å². The number of rotatable bonds is 3. The summed E-state index contributed by atoms with van der Waals surface area (Å²) in [5.74, 6) is -0.624. The number of carbonyl (C=O) groups is 1. The maximum Gasteiger partial charge on any atom is 0.341 e. The molecule has 0 amide bonds. The zero-order valence-corrected chi connectivity index (χ0v) is 13.2. The molecule has 6 heteroatoms. The molecule has 0 unspecified atom stereocenters. The van der Waals surface area contributed by atoms with Gasteiger partial charge in [-0.15, -0.1) is 0 Å². The average Bonchev–Trinajstić information content (AvgIpc) is 2.99. The Morgan fingerprint density at radius 2 is 2.20 bits per heavy atom. The van der Waals surface area contributed by atoms with Crippen LogP contribution in [0.5, 0.6) is 0 Å². The number of aromatic nitrogens is 1. The van der Waals surface area contributed by atoms with Crippen LogP contribution in [0.25, 0.3) is 28.5 Å². The van der Waals surface area contributed by atoms with E-state index in [1.165, 1.54) is 18.5 Å². The van der Waals surface area contributed by atoms with E-state index in [1.54, 1.807) is 16.7 Å². The van der Waals surface area contributed by atoms with Crippen LogP contribution in [0.3, 0.4) is 0 Å². The minimum atomic E-state index is -1.23. The first-order valence-corrected chi connectivity index (χ1v) is 7.80. The maximum atomic E-state index is 12.1. The Morgan fingerprint density at radius 3 is 2.96 bits per heavy atom. The first kappa shape index (κ1) is 15.1. The van der Waals surface area contributed by atoms with Gasteiger partial charge in [0.05, 0.1) is 5.69 Å². The number of aryl methyl sites for hydroxylation is 2. The van der Waals surface area contributed by atoms with Crippen LogP contribution < -0.4 is 5.43 Å². The van der Waals surface area contributed by atoms with Crippen molar-refractivity contribution in [2.45, 2.75) is 13.0 Å². The summed E-state index contributed by atoms with van der Waals surface area (Å²) in [4.78, 5) is 23.3. The summed E-state index contributed by atoms with van der Waals surface area (Å²) >= 11 is 0. The third-order valence-electron chi connectivity index (χ3n) is 4.41. The number of furan rings is 1. The van der Waals surface area contributed by atoms with Gasteiger partial charge in [-0.1, -0.05) is 18.2 Å². The number of pyridine rings is 1. The molecule has 6 nitrogen and oxygen atoms in total. The van der Waals surface area contributed by atoms with Crippen LogP contribution in [-0.2, 0) is 13.0 Å². The second-order valence-corrected chi connectivity index (χ2v) is 5.84. The lowest BCUT2D eigenvalue weighted by Gasteiger charge is -2.18. The highest BCUT2D eigenvalue weighted by Gasteiger charge is 2.25. The summed E-state index contributed by atoms with van der Waals surface area (Å²) in [6.07, 6.45) is 6.68. The van der Waals surface area contributed by atoms with Crippen molar-refractivity contribution in [2.24, 2.45) is 0 Å². The number of allylic oxidation sites excluding steroid dienone is 1. The summed E-state index contributed by atoms with van der Waals surface area (Å²) in [6.45, 7) is 0.581. The van der Waals surface area contributed by atoms with Crippen LogP contribution in [0.2, 0.25) is 0 Å². The zero-order valence-electron chi connectivity index (χ0n) is 13.2. The summed E-state index contributed by atoms with van der Waals surface area (Å²) in [5, 5.41) is 17.2. The molecule has 1 aliphatic heterocycles. The van der Waals surface area contributed by atoms with Gasteiger partial charge in [0.1, 0.15) is 11.1 Å². The number of hydrogen-bond acceptors (Lipinski definition) is 4. The molecule has 0 radical (unpaired) electrons. The predicted octanol–water partition coefficient (Wildman–Crippen LogP) is 3.18. The standard InChI is InChI=1S/C19H14N2O4/c20-7-2-4-11-3-1-5-12-13-6-8-21-10-14(19(23)24)16(22)9-15(21)18(13)25-17(11)12/h1-5,7,9-10,20H,6,8H2,(H,23,24)/b4-2+,20-7?. The lowest BCUT2D eigenvalue weighted by atomic mass is 10.00. The van der Waals surface area contributed by atoms with E-state index in [-0.39, 0.29) is 5.56 Å². The lowest BCUT2D eigenvalue weighted by molar-refractivity contribution is 0.0694. The smallest absolute Gasteiger partial charge is 0.341 e. The van der Waals surface area contributed by atoms with Crippen molar-refractivity contribution < 1.29 is 14.3 Å². The van der Waals surface area contributed by atoms with Gasteiger partial charge in [0.15, 0.2) is 11.2 Å². The maximum absolute atomic E-state index is 12.1. The highest BCUT2D eigenvalue weighted by atomic mass is 16.4. The number of carboxylic acids is 1. The van der Waals surface area contributed by atoms with E-state index in [2.05, 4.69) is 0 Å². The van der Waals surface area contributed by atoms with Crippen molar-refractivity contribution >= 4 is 29.2 Å². The normalized spacial score (nSPS) is 13.0. The average molecular weight is 334 g/mol. The molecule has 2 aromatic heterocycles. The van der Waals surface area contributed by atoms with Crippen molar-refractivity contribution in [3.63, 3.8) is 0 Å². The molecular weight excluding hydrogens is 320 g/mol. The van der Waals surface area contributed by atoms with Gasteiger partial charge in [0.25, 0.3) is 0 Å². The van der Waals surface area contributed by atoms with E-state index < -0.39 is 11.4 Å². The summed E-state index contributed by atoms with van der Waals surface area (Å²) in [7, 11) is 0. The molecule has 0 saturated heterocycles. The predicted molar refractivity (Wildman–Crippen MR) is 94.4 cm³/mol. The van der Waals surface area contributed by atoms with Gasteiger partial charge < -0.3 is 19.5 Å². The van der Waals surface area contributed by atoms with Crippen LogP contribution in [0.15, 0.2) is 45.8 Å². The SMILES string of the molecule is N=C/C=C/c1cccc2c3c(oc12)-c1cc(=O)c(C(=O)O)cn1CC3. The molecule has 3 aromatic rings. The molecule has 0 aliphatic carbocycles. The molecule has 2 N–H and O–H groups in total. The van der Waals surface area contributed by atoms with E-state index in [0.29, 0.717) is 30.0 Å². The minimum Gasteiger partial charge on any atom is -0.477 e. The van der Waals surface area contributed by atoms with Gasteiger partial charge in [0.2, 0.25) is 0 Å². The van der Waals surface area contributed by atoms with Gasteiger partial charge in [0, 0.05) is 41.5 Å². The highest BCUT2D eigenvalue weighted by Crippen LogP contribution is 2.38. The largest absolute Gasteiger partial charge is 0.477 e. The van der Waals surface area contributed by atoms with E-state index in [1.807, 2.05) is 18.2 Å². The number of nitrogens with one attached hydrogen (secondary N) is 1. The fourth-order valence-electron chi connectivity index (χ4n) is 3.28. The molecule has 25 heavy (non-hydrogen) atoms. The fourth-order valence-corrected chi connectivity index (χ4v) is 3.28. The Bertz CT molecular complexity index is 1120. The zero-order chi connectivity index (χ0) is 17.6. The molecule has 0 bridgehead atoms. The van der Waals surface area contributed by atoms with Crippen LogP contribution in [0.1, 0.15) is 21.5 Å². The van der Waals surface area contributed by atoms with E-state index in [0.717, 1.165) is 16.5 Å². The number of para-hydroxylation sites is 1. The Labute approximate surface area is 142 Å². The molecule has 0 fully saturated rings. The Morgan fingerprint density at radius 1 is 1.36 bits per heavy atom. The Balaban J connectivity index is 1.98. The number of nitrogens with zero attached hydrogens (tertiary/aromatic N) is 1. The molecule has 0 spiro atoms. The molecule has 1 aromatic carbocycles. The molecule has 0 atom stereocenters. The van der Waals surface area contributed by atoms with Crippen LogP contribution in [0, 0.1) is 5.41 Å². The van der Waals surface area contributed by atoms with Gasteiger partial charge in [-0.05, 0) is 18.6 Å². The van der Waals surface area contributed by atoms with Crippen molar-refractivity contribution in [2.75, 3.05) is 0 Å². The number of hydrogen-bond donors (Lipinski definition) is 2. The minimum absolute atomic E-state index is 0.238. The lowest BCUT2D eigenvalue weighted by Crippen LogP contribution is -2.21. The van der Waals surface area contributed by atoms with Crippen molar-refractivity contribution in [1.29, 1.82) is 5.41 Å². The summed E-state index contributed by atoms with van der Waals surface area (Å²) in [5.41, 5.74) is 2.39. The molecule has 3 heterocycles. The molecule has 124 valence electrons. The van der Waals surface area contributed by atoms with Gasteiger partial charge in [-0.2, -0.15) is 0 Å². The van der Waals surface area contributed by atoms with Crippen LogP contribution in [-0.4, -0.2) is 21.9 Å². The van der Waals surface area contributed by atoms with Crippen LogP contribution >= 0.6 is 0 Å². The molecule has 1 aliphatic rings. The first-order valence-electron chi connectivity index (χ1n) is 7.80. The van der Waals surface area contributed by atoms with Crippen LogP contribution in [0.4, 0.5) is 0 Å². The summed E-state index contributed by atoms with van der Waals surface area (Å²) < 4.78 is 7.82. The van der Waals surface area contributed by atoms with E-state index in [4.69, 9.17) is 14.9 Å². The molecule has 4 rings (SSSR count). The second kappa shape index (κ2) is 5.59. The summed E-state index contributed by atoms with van der Waals surface area (Å²) in [6, 6.07) is 7.13. The van der Waals surface area contributed by atoms with Crippen molar-refractivity contribution in [3.05, 3.63) is 63.5 Å². The Kier molecular flexibility index (Phi) is 3.39. The van der Waals surface area contributed by atoms with E-state index in [9.17, 15) is 9.59 Å². The fraction of sp³-hybridized carbons (Fsp3) is 0.105. The topological polar surface area (TPSA) is 96.3 Å². The second-order valence-electron chi connectivity index (χ2n) is 5.84. The van der Waals surface area contributed by atoms with E-state index >= 15 is 0 Å². The monoisotopic (exact) mass is 334 g/mol. The number of benzene rings is 1.